The van der Waals surface area contributed by atoms with E-state index in [1.807, 2.05) is 0 Å². The number of likely N-dealkylation sites (tertiary alicyclic amines) is 1. The molecule has 3 aromatic rings. The number of nitrogens with zero attached hydrogens (tertiary/aromatic N) is 2. The molecule has 2 amide bonds. The monoisotopic (exact) mass is 479 g/mol. The largest absolute Gasteiger partial charge is 0.462 e. The van der Waals surface area contributed by atoms with Gasteiger partial charge in [0, 0.05) is 45.0 Å². The summed E-state index contributed by atoms with van der Waals surface area (Å²) in [6.45, 7) is 2.50. The van der Waals surface area contributed by atoms with Gasteiger partial charge in [-0.05, 0) is 23.3 Å². The lowest BCUT2D eigenvalue weighted by Gasteiger charge is -2.30. The van der Waals surface area contributed by atoms with Crippen LogP contribution in [-0.2, 0) is 20.9 Å². The van der Waals surface area contributed by atoms with E-state index in [1.165, 1.54) is 13.2 Å². The Morgan fingerprint density at radius 1 is 1.11 bits per heavy atom. The number of hydrogen-bond donors (Lipinski definition) is 1. The number of hydrogen-bond acceptors (Lipinski definition) is 6. The summed E-state index contributed by atoms with van der Waals surface area (Å²) >= 11 is 0. The number of ether oxygens (including phenoxy) is 1. The highest BCUT2D eigenvalue weighted by Gasteiger charge is 2.27. The van der Waals surface area contributed by atoms with Gasteiger partial charge in [-0.15, -0.1) is 0 Å². The summed E-state index contributed by atoms with van der Waals surface area (Å²) in [4.78, 5) is 41.9. The predicted octanol–water partition coefficient (Wildman–Crippen LogP) is 3.84. The summed E-state index contributed by atoms with van der Waals surface area (Å²) in [6, 6.07) is 15.3. The molecule has 1 unspecified atom stereocenters. The van der Waals surface area contributed by atoms with Crippen LogP contribution in [0.4, 0.5) is 4.39 Å². The zero-order valence-corrected chi connectivity index (χ0v) is 19.3. The second-order valence-corrected chi connectivity index (χ2v) is 8.33. The predicted molar refractivity (Wildman–Crippen MR) is 125 cm³/mol. The molecule has 0 radical (unpaired) electrons. The Bertz CT molecular complexity index is 1170. The first kappa shape index (κ1) is 24.1. The Balaban J connectivity index is 1.31. The number of oxazole rings is 1. The third-order valence-corrected chi connectivity index (χ3v) is 5.78. The highest BCUT2D eigenvalue weighted by Crippen LogP contribution is 2.22. The number of alkyl halides is 1. The van der Waals surface area contributed by atoms with Crippen LogP contribution in [0.25, 0.3) is 11.5 Å². The van der Waals surface area contributed by atoms with Gasteiger partial charge in [0.25, 0.3) is 11.8 Å². The molecule has 2 heterocycles. The molecular weight excluding hydrogens is 453 g/mol. The standard InChI is InChI=1S/C26H26FN3O5/c1-17(31)35-21-11-13-30(14-12-21)26(33)22-16-34-25(29-22)20-9-7-18(8-10-20)15-28-24(32)23(27)19-5-3-2-4-6-19/h2-10,16,21,23H,11-15H2,1H3,(H,28,32). The highest BCUT2D eigenvalue weighted by molar-refractivity contribution is 5.92. The molecule has 4 rings (SSSR count). The molecule has 0 spiro atoms. The van der Waals surface area contributed by atoms with E-state index in [9.17, 15) is 18.8 Å². The summed E-state index contributed by atoms with van der Waals surface area (Å²) in [5, 5.41) is 2.59. The Kier molecular flexibility index (Phi) is 7.54. The molecule has 1 atom stereocenters. The van der Waals surface area contributed by atoms with E-state index >= 15 is 0 Å². The second-order valence-electron chi connectivity index (χ2n) is 8.33. The van der Waals surface area contributed by atoms with Gasteiger partial charge in [-0.25, -0.2) is 9.37 Å². The van der Waals surface area contributed by atoms with E-state index in [0.29, 0.717) is 42.9 Å². The first-order valence-corrected chi connectivity index (χ1v) is 11.4. The fourth-order valence-electron chi connectivity index (χ4n) is 3.90. The van der Waals surface area contributed by atoms with Gasteiger partial charge in [0.2, 0.25) is 12.1 Å². The van der Waals surface area contributed by atoms with Crippen molar-refractivity contribution in [2.45, 2.75) is 38.6 Å². The number of piperidine rings is 1. The van der Waals surface area contributed by atoms with Crippen LogP contribution in [0.2, 0.25) is 0 Å². The highest BCUT2D eigenvalue weighted by atomic mass is 19.1. The first-order valence-electron chi connectivity index (χ1n) is 11.4. The van der Waals surface area contributed by atoms with Crippen molar-refractivity contribution in [2.75, 3.05) is 13.1 Å². The Hall–Kier alpha value is -4.01. The van der Waals surface area contributed by atoms with Gasteiger partial charge in [-0.3, -0.25) is 14.4 Å². The SMILES string of the molecule is CC(=O)OC1CCN(C(=O)c2coc(-c3ccc(CNC(=O)C(F)c4ccccc4)cc3)n2)CC1. The van der Waals surface area contributed by atoms with Crippen molar-refractivity contribution >= 4 is 17.8 Å². The van der Waals surface area contributed by atoms with Crippen molar-refractivity contribution in [3.8, 4) is 11.5 Å². The van der Waals surface area contributed by atoms with Crippen LogP contribution >= 0.6 is 0 Å². The van der Waals surface area contributed by atoms with Gasteiger partial charge in [0.1, 0.15) is 12.4 Å². The van der Waals surface area contributed by atoms with Crippen LogP contribution < -0.4 is 5.32 Å². The number of benzene rings is 2. The van der Waals surface area contributed by atoms with Gasteiger partial charge in [-0.2, -0.15) is 0 Å². The lowest BCUT2D eigenvalue weighted by molar-refractivity contribution is -0.148. The van der Waals surface area contributed by atoms with Gasteiger partial charge in [-0.1, -0.05) is 42.5 Å². The molecule has 1 fully saturated rings. The van der Waals surface area contributed by atoms with Crippen LogP contribution in [0.3, 0.4) is 0 Å². The fourth-order valence-corrected chi connectivity index (χ4v) is 3.90. The molecule has 2 aromatic carbocycles. The number of halogens is 1. The third-order valence-electron chi connectivity index (χ3n) is 5.78. The number of amides is 2. The number of nitrogens with one attached hydrogen (secondary N) is 1. The van der Waals surface area contributed by atoms with Crippen molar-refractivity contribution in [3.05, 3.63) is 77.7 Å². The van der Waals surface area contributed by atoms with Crippen LogP contribution in [0, 0.1) is 0 Å². The molecular formula is C26H26FN3O5. The van der Waals surface area contributed by atoms with Crippen LogP contribution in [0.15, 0.2) is 65.3 Å². The minimum absolute atomic E-state index is 0.165. The number of aromatic nitrogens is 1. The van der Waals surface area contributed by atoms with E-state index < -0.39 is 12.1 Å². The summed E-state index contributed by atoms with van der Waals surface area (Å²) < 4.78 is 25.0. The second kappa shape index (κ2) is 10.9. The minimum Gasteiger partial charge on any atom is -0.462 e. The normalized spacial score (nSPS) is 14.9. The van der Waals surface area contributed by atoms with Gasteiger partial charge >= 0.3 is 5.97 Å². The van der Waals surface area contributed by atoms with Crippen molar-refractivity contribution in [3.63, 3.8) is 0 Å². The number of carbonyl (C=O) groups is 3. The maximum Gasteiger partial charge on any atom is 0.302 e. The van der Waals surface area contributed by atoms with Crippen molar-refractivity contribution < 1.29 is 27.9 Å². The molecule has 0 saturated carbocycles. The van der Waals surface area contributed by atoms with Crippen LogP contribution in [0.1, 0.15) is 47.6 Å². The van der Waals surface area contributed by atoms with Crippen molar-refractivity contribution in [1.82, 2.24) is 15.2 Å². The van der Waals surface area contributed by atoms with Crippen LogP contribution in [-0.4, -0.2) is 46.9 Å². The summed E-state index contributed by atoms with van der Waals surface area (Å²) in [5.74, 6) is -0.956. The summed E-state index contributed by atoms with van der Waals surface area (Å²) in [6.07, 6.45) is 0.605. The lowest BCUT2D eigenvalue weighted by Crippen LogP contribution is -2.41. The lowest BCUT2D eigenvalue weighted by atomic mass is 10.1. The number of rotatable bonds is 7. The molecule has 0 bridgehead atoms. The van der Waals surface area contributed by atoms with E-state index in [-0.39, 0.29) is 30.2 Å². The van der Waals surface area contributed by atoms with Crippen LogP contribution in [0.5, 0.6) is 0 Å². The molecule has 1 aliphatic rings. The zero-order valence-electron chi connectivity index (χ0n) is 19.3. The van der Waals surface area contributed by atoms with Gasteiger partial charge in [0.05, 0.1) is 0 Å². The molecule has 182 valence electrons. The van der Waals surface area contributed by atoms with Gasteiger partial charge in [0.15, 0.2) is 5.69 Å². The molecule has 0 aliphatic carbocycles. The first-order chi connectivity index (χ1) is 16.9. The van der Waals surface area contributed by atoms with Crippen molar-refractivity contribution in [2.24, 2.45) is 0 Å². The van der Waals surface area contributed by atoms with Crippen molar-refractivity contribution in [1.29, 1.82) is 0 Å². The molecule has 35 heavy (non-hydrogen) atoms. The average molecular weight is 480 g/mol. The molecule has 1 saturated heterocycles. The quantitative estimate of drug-likeness (QED) is 0.517. The molecule has 8 nitrogen and oxygen atoms in total. The van der Waals surface area contributed by atoms with Gasteiger partial charge < -0.3 is 19.4 Å². The Morgan fingerprint density at radius 3 is 2.46 bits per heavy atom. The smallest absolute Gasteiger partial charge is 0.302 e. The molecule has 1 aliphatic heterocycles. The van der Waals surface area contributed by atoms with E-state index in [4.69, 9.17) is 9.15 Å². The number of carbonyl (C=O) groups excluding carboxylic acids is 3. The Labute approximate surface area is 202 Å². The maximum atomic E-state index is 14.3. The Morgan fingerprint density at radius 2 is 1.80 bits per heavy atom. The summed E-state index contributed by atoms with van der Waals surface area (Å²) in [5.41, 5.74) is 1.96. The van der Waals surface area contributed by atoms with E-state index in [1.54, 1.807) is 59.5 Å². The maximum absolute atomic E-state index is 14.3. The topological polar surface area (TPSA) is 102 Å². The fraction of sp³-hybridized carbons (Fsp3) is 0.308. The molecule has 1 N–H and O–H groups in total. The third kappa shape index (κ3) is 6.11. The number of esters is 1. The van der Waals surface area contributed by atoms with E-state index in [2.05, 4.69) is 10.3 Å². The molecule has 1 aromatic heterocycles. The van der Waals surface area contributed by atoms with E-state index in [0.717, 1.165) is 5.56 Å². The summed E-state index contributed by atoms with van der Waals surface area (Å²) in [7, 11) is 0. The molecule has 9 heteroatoms. The zero-order chi connectivity index (χ0) is 24.8. The average Bonchev–Trinajstić information content (AvgIpc) is 3.38. The minimum atomic E-state index is -1.73.